The van der Waals surface area contributed by atoms with Crippen molar-refractivity contribution >= 4 is 16.9 Å². The molecule has 3 aromatic rings. The van der Waals surface area contributed by atoms with Crippen LogP contribution in [0.3, 0.4) is 0 Å². The maximum absolute atomic E-state index is 12.4. The van der Waals surface area contributed by atoms with Crippen LogP contribution in [-0.2, 0) is 6.54 Å². The summed E-state index contributed by atoms with van der Waals surface area (Å²) in [5.74, 6) is 1.97. The fourth-order valence-electron chi connectivity index (χ4n) is 2.95. The average Bonchev–Trinajstić information content (AvgIpc) is 2.97. The Hall–Kier alpha value is -3.02. The number of imidazole rings is 1. The van der Waals surface area contributed by atoms with Crippen LogP contribution in [0.1, 0.15) is 23.1 Å². The van der Waals surface area contributed by atoms with Crippen molar-refractivity contribution in [3.05, 3.63) is 53.9 Å². The number of para-hydroxylation sites is 2. The number of fused-ring (bicyclic) bond motifs is 1. The molecule has 0 unspecified atom stereocenters. The van der Waals surface area contributed by atoms with Crippen LogP contribution in [0.5, 0.6) is 11.5 Å². The highest BCUT2D eigenvalue weighted by atomic mass is 16.5. The van der Waals surface area contributed by atoms with E-state index in [0.29, 0.717) is 36.8 Å². The predicted molar refractivity (Wildman–Crippen MR) is 101 cm³/mol. The number of aromatic nitrogens is 2. The minimum absolute atomic E-state index is 0.143. The first-order valence-electron chi connectivity index (χ1n) is 8.65. The molecule has 6 heteroatoms. The van der Waals surface area contributed by atoms with Gasteiger partial charge in [-0.3, -0.25) is 4.79 Å². The van der Waals surface area contributed by atoms with Gasteiger partial charge in [0.15, 0.2) is 11.5 Å². The third-order valence-electron chi connectivity index (χ3n) is 4.19. The number of nitrogens with one attached hydrogen (secondary N) is 1. The Bertz CT molecular complexity index is 918. The van der Waals surface area contributed by atoms with Gasteiger partial charge in [0, 0.05) is 18.7 Å². The number of aryl methyl sites for hydroxylation is 1. The lowest BCUT2D eigenvalue weighted by molar-refractivity contribution is 0.0951. The average molecular weight is 353 g/mol. The van der Waals surface area contributed by atoms with Crippen molar-refractivity contribution in [1.29, 1.82) is 0 Å². The molecule has 26 heavy (non-hydrogen) atoms. The summed E-state index contributed by atoms with van der Waals surface area (Å²) in [6.45, 7) is 5.54. The Morgan fingerprint density at radius 1 is 1.19 bits per heavy atom. The van der Waals surface area contributed by atoms with Crippen molar-refractivity contribution in [2.45, 2.75) is 20.4 Å². The molecule has 1 aromatic heterocycles. The van der Waals surface area contributed by atoms with Crippen molar-refractivity contribution in [2.75, 3.05) is 20.3 Å². The molecule has 136 valence electrons. The van der Waals surface area contributed by atoms with Gasteiger partial charge in [-0.05, 0) is 44.2 Å². The number of ether oxygens (including phenoxy) is 2. The zero-order valence-electron chi connectivity index (χ0n) is 15.3. The number of carbonyl (C=O) groups excluding carboxylic acids is 1. The molecule has 2 aromatic carbocycles. The van der Waals surface area contributed by atoms with Gasteiger partial charge >= 0.3 is 0 Å². The summed E-state index contributed by atoms with van der Waals surface area (Å²) in [5.41, 5.74) is 2.58. The molecule has 0 fully saturated rings. The first-order chi connectivity index (χ1) is 12.6. The largest absolute Gasteiger partial charge is 0.493 e. The molecule has 0 spiro atoms. The molecule has 1 N–H and O–H groups in total. The monoisotopic (exact) mass is 353 g/mol. The Morgan fingerprint density at radius 2 is 2.00 bits per heavy atom. The van der Waals surface area contributed by atoms with Gasteiger partial charge in [0.1, 0.15) is 5.82 Å². The topological polar surface area (TPSA) is 65.4 Å². The molecular formula is C20H23N3O3. The molecule has 1 heterocycles. The van der Waals surface area contributed by atoms with Gasteiger partial charge in [0.2, 0.25) is 0 Å². The van der Waals surface area contributed by atoms with Crippen LogP contribution in [0, 0.1) is 6.92 Å². The summed E-state index contributed by atoms with van der Waals surface area (Å²) in [7, 11) is 1.58. The number of hydrogen-bond acceptors (Lipinski definition) is 4. The van der Waals surface area contributed by atoms with E-state index in [1.807, 2.05) is 38.1 Å². The fraction of sp³-hybridized carbons (Fsp3) is 0.300. The second-order valence-corrected chi connectivity index (χ2v) is 5.85. The summed E-state index contributed by atoms with van der Waals surface area (Å²) in [6.07, 6.45) is 0. The molecule has 0 saturated carbocycles. The quantitative estimate of drug-likeness (QED) is 0.708. The summed E-state index contributed by atoms with van der Waals surface area (Å²) in [5, 5.41) is 2.95. The minimum atomic E-state index is -0.143. The third-order valence-corrected chi connectivity index (χ3v) is 4.19. The molecule has 0 radical (unpaired) electrons. The molecular weight excluding hydrogens is 330 g/mol. The van der Waals surface area contributed by atoms with Crippen molar-refractivity contribution < 1.29 is 14.3 Å². The van der Waals surface area contributed by atoms with Crippen molar-refractivity contribution in [3.8, 4) is 11.5 Å². The normalized spacial score (nSPS) is 10.7. The number of carbonyl (C=O) groups is 1. The first-order valence-corrected chi connectivity index (χ1v) is 8.65. The van der Waals surface area contributed by atoms with Crippen LogP contribution in [0.15, 0.2) is 42.5 Å². The highest BCUT2D eigenvalue weighted by Gasteiger charge is 2.12. The number of benzene rings is 2. The molecule has 0 aliphatic heterocycles. The smallest absolute Gasteiger partial charge is 0.251 e. The number of amides is 1. The van der Waals surface area contributed by atoms with Gasteiger partial charge in [-0.1, -0.05) is 12.1 Å². The van der Waals surface area contributed by atoms with E-state index in [4.69, 9.17) is 9.47 Å². The molecule has 0 bridgehead atoms. The molecule has 6 nitrogen and oxygen atoms in total. The number of nitrogens with zero attached hydrogens (tertiary/aromatic N) is 2. The molecule has 0 atom stereocenters. The third kappa shape index (κ3) is 3.64. The first kappa shape index (κ1) is 17.8. The fourth-order valence-corrected chi connectivity index (χ4v) is 2.95. The van der Waals surface area contributed by atoms with E-state index >= 15 is 0 Å². The molecule has 3 rings (SSSR count). The predicted octanol–water partition coefficient (Wildman–Crippen LogP) is 3.18. The van der Waals surface area contributed by atoms with Crippen molar-refractivity contribution in [2.24, 2.45) is 0 Å². The van der Waals surface area contributed by atoms with Crippen LogP contribution in [0.2, 0.25) is 0 Å². The standard InChI is InChI=1S/C20H23N3O3/c1-4-26-19-13-15(9-10-18(19)25-3)20(24)21-11-12-23-14(2)22-16-7-5-6-8-17(16)23/h5-10,13H,4,11-12H2,1-3H3,(H,21,24). The van der Waals surface area contributed by atoms with E-state index in [2.05, 4.69) is 14.9 Å². The molecule has 0 saturated heterocycles. The van der Waals surface area contributed by atoms with Crippen molar-refractivity contribution in [3.63, 3.8) is 0 Å². The second-order valence-electron chi connectivity index (χ2n) is 5.85. The summed E-state index contributed by atoms with van der Waals surface area (Å²) in [4.78, 5) is 17.0. The van der Waals surface area contributed by atoms with Crippen LogP contribution in [0.4, 0.5) is 0 Å². The molecule has 0 aliphatic carbocycles. The van der Waals surface area contributed by atoms with Crippen molar-refractivity contribution in [1.82, 2.24) is 14.9 Å². The Balaban J connectivity index is 1.67. The zero-order valence-corrected chi connectivity index (χ0v) is 15.3. The van der Waals surface area contributed by atoms with Crippen LogP contribution in [-0.4, -0.2) is 35.7 Å². The Labute approximate surface area is 152 Å². The molecule has 0 aliphatic rings. The highest BCUT2D eigenvalue weighted by Crippen LogP contribution is 2.28. The van der Waals surface area contributed by atoms with Gasteiger partial charge in [-0.15, -0.1) is 0 Å². The van der Waals surface area contributed by atoms with Gasteiger partial charge in [-0.2, -0.15) is 0 Å². The molecule has 1 amide bonds. The van der Waals surface area contributed by atoms with E-state index in [0.717, 1.165) is 16.9 Å². The van der Waals surface area contributed by atoms with E-state index in [1.54, 1.807) is 25.3 Å². The van der Waals surface area contributed by atoms with Gasteiger partial charge < -0.3 is 19.4 Å². The highest BCUT2D eigenvalue weighted by molar-refractivity contribution is 5.94. The second kappa shape index (κ2) is 7.91. The van der Waals surface area contributed by atoms with Crippen LogP contribution < -0.4 is 14.8 Å². The lowest BCUT2D eigenvalue weighted by atomic mass is 10.2. The van der Waals surface area contributed by atoms with Crippen LogP contribution in [0.25, 0.3) is 11.0 Å². The lowest BCUT2D eigenvalue weighted by Gasteiger charge is -2.12. The minimum Gasteiger partial charge on any atom is -0.493 e. The zero-order chi connectivity index (χ0) is 18.5. The summed E-state index contributed by atoms with van der Waals surface area (Å²) < 4.78 is 12.9. The summed E-state index contributed by atoms with van der Waals surface area (Å²) in [6, 6.07) is 13.2. The lowest BCUT2D eigenvalue weighted by Crippen LogP contribution is -2.27. The van der Waals surface area contributed by atoms with E-state index in [1.165, 1.54) is 0 Å². The van der Waals surface area contributed by atoms with Gasteiger partial charge in [0.25, 0.3) is 5.91 Å². The SMILES string of the molecule is CCOc1cc(C(=O)NCCn2c(C)nc3ccccc32)ccc1OC. The number of hydrogen-bond donors (Lipinski definition) is 1. The number of methoxy groups -OCH3 is 1. The van der Waals surface area contributed by atoms with Gasteiger partial charge in [-0.25, -0.2) is 4.98 Å². The summed E-state index contributed by atoms with van der Waals surface area (Å²) >= 11 is 0. The number of rotatable bonds is 7. The maximum atomic E-state index is 12.4. The Morgan fingerprint density at radius 3 is 2.77 bits per heavy atom. The van der Waals surface area contributed by atoms with Gasteiger partial charge in [0.05, 0.1) is 24.8 Å². The maximum Gasteiger partial charge on any atom is 0.251 e. The van der Waals surface area contributed by atoms with E-state index in [9.17, 15) is 4.79 Å². The van der Waals surface area contributed by atoms with E-state index < -0.39 is 0 Å². The van der Waals surface area contributed by atoms with Crippen LogP contribution >= 0.6 is 0 Å². The van der Waals surface area contributed by atoms with E-state index in [-0.39, 0.29) is 5.91 Å². The Kier molecular flexibility index (Phi) is 5.41.